The van der Waals surface area contributed by atoms with Crippen LogP contribution in [0.2, 0.25) is 0 Å². The van der Waals surface area contributed by atoms with E-state index in [0.29, 0.717) is 0 Å². The van der Waals surface area contributed by atoms with Gasteiger partial charge in [-0.3, -0.25) is 0 Å². The van der Waals surface area contributed by atoms with Gasteiger partial charge in [-0.15, -0.1) is 11.3 Å². The average molecular weight is 240 g/mol. The molecule has 0 amide bonds. The number of hydrogen-bond donors (Lipinski definition) is 0. The van der Waals surface area contributed by atoms with Crippen molar-refractivity contribution in [3.63, 3.8) is 0 Å². The Hall–Kier alpha value is -1.34. The third-order valence-electron chi connectivity index (χ3n) is 3.25. The molecule has 1 aromatic carbocycles. The molecular weight excluding hydrogens is 224 g/mol. The van der Waals surface area contributed by atoms with Crippen LogP contribution < -0.4 is 0 Å². The lowest BCUT2D eigenvalue weighted by Crippen LogP contribution is -1.77. The van der Waals surface area contributed by atoms with Crippen molar-refractivity contribution in [3.05, 3.63) is 52.4 Å². The summed E-state index contributed by atoms with van der Waals surface area (Å²) in [6.07, 6.45) is 8.34. The molecule has 3 rings (SSSR count). The van der Waals surface area contributed by atoms with Gasteiger partial charge >= 0.3 is 0 Å². The van der Waals surface area contributed by atoms with Crippen molar-refractivity contribution in [2.75, 3.05) is 0 Å². The first-order chi connectivity index (χ1) is 8.33. The molecule has 0 aliphatic heterocycles. The van der Waals surface area contributed by atoms with E-state index in [0.717, 1.165) is 0 Å². The van der Waals surface area contributed by atoms with E-state index in [2.05, 4.69) is 49.4 Å². The Morgan fingerprint density at radius 1 is 1.12 bits per heavy atom. The van der Waals surface area contributed by atoms with Crippen LogP contribution in [0.25, 0.3) is 16.5 Å². The second-order valence-corrected chi connectivity index (χ2v) is 5.79. The van der Waals surface area contributed by atoms with E-state index in [1.807, 2.05) is 11.3 Å². The quantitative estimate of drug-likeness (QED) is 0.652. The Morgan fingerprint density at radius 3 is 2.76 bits per heavy atom. The van der Waals surface area contributed by atoms with Crippen LogP contribution in [0.4, 0.5) is 0 Å². The SMILES string of the molecule is Cc1ccc(-c2cc3c(s2)CCCC=C3)cc1. The fourth-order valence-corrected chi connectivity index (χ4v) is 3.43. The lowest BCUT2D eigenvalue weighted by molar-refractivity contribution is 0.863. The summed E-state index contributed by atoms with van der Waals surface area (Å²) >= 11 is 1.96. The molecule has 0 unspecified atom stereocenters. The van der Waals surface area contributed by atoms with Crippen LogP contribution in [0.5, 0.6) is 0 Å². The first-order valence-electron chi connectivity index (χ1n) is 6.19. The van der Waals surface area contributed by atoms with E-state index < -0.39 is 0 Å². The van der Waals surface area contributed by atoms with Gasteiger partial charge in [-0.2, -0.15) is 0 Å². The molecule has 0 atom stereocenters. The first kappa shape index (κ1) is 10.8. The molecule has 0 bridgehead atoms. The number of fused-ring (bicyclic) bond motifs is 1. The maximum atomic E-state index is 2.34. The van der Waals surface area contributed by atoms with E-state index in [4.69, 9.17) is 0 Å². The van der Waals surface area contributed by atoms with Gasteiger partial charge in [-0.05, 0) is 43.4 Å². The van der Waals surface area contributed by atoms with Crippen LogP contribution in [0.3, 0.4) is 0 Å². The minimum absolute atomic E-state index is 1.22. The number of thiophene rings is 1. The van der Waals surface area contributed by atoms with E-state index in [9.17, 15) is 0 Å². The molecular formula is C16H16S. The Labute approximate surface area is 107 Å². The molecule has 0 spiro atoms. The van der Waals surface area contributed by atoms with E-state index in [-0.39, 0.29) is 0 Å². The Bertz CT molecular complexity index is 543. The van der Waals surface area contributed by atoms with Crippen LogP contribution in [0, 0.1) is 6.92 Å². The first-order valence-corrected chi connectivity index (χ1v) is 7.01. The zero-order chi connectivity index (χ0) is 11.7. The highest BCUT2D eigenvalue weighted by Gasteiger charge is 2.10. The second kappa shape index (κ2) is 4.50. The predicted molar refractivity (Wildman–Crippen MR) is 76.5 cm³/mol. The summed E-state index contributed by atoms with van der Waals surface area (Å²) in [7, 11) is 0. The number of aryl methyl sites for hydroxylation is 2. The molecule has 0 fully saturated rings. The molecule has 1 aromatic heterocycles. The standard InChI is InChI=1S/C16H16S/c1-12-7-9-13(10-8-12)16-11-14-5-3-2-4-6-15(14)17-16/h3,5,7-11H,2,4,6H2,1H3. The van der Waals surface area contributed by atoms with Gasteiger partial charge in [0, 0.05) is 9.75 Å². The largest absolute Gasteiger partial charge is 0.140 e. The highest BCUT2D eigenvalue weighted by molar-refractivity contribution is 7.15. The Morgan fingerprint density at radius 2 is 1.94 bits per heavy atom. The summed E-state index contributed by atoms with van der Waals surface area (Å²) in [5.74, 6) is 0. The zero-order valence-corrected chi connectivity index (χ0v) is 10.9. The predicted octanol–water partition coefficient (Wildman–Crippen LogP) is 5.07. The van der Waals surface area contributed by atoms with Crippen LogP contribution in [-0.4, -0.2) is 0 Å². The van der Waals surface area contributed by atoms with Gasteiger partial charge in [0.05, 0.1) is 0 Å². The highest BCUT2D eigenvalue weighted by atomic mass is 32.1. The van der Waals surface area contributed by atoms with Crippen LogP contribution >= 0.6 is 11.3 Å². The summed E-state index contributed by atoms with van der Waals surface area (Å²) in [6.45, 7) is 2.14. The number of allylic oxidation sites excluding steroid dienone is 1. The smallest absolute Gasteiger partial charge is 0.0351 e. The third-order valence-corrected chi connectivity index (χ3v) is 4.51. The number of hydrogen-bond acceptors (Lipinski definition) is 1. The van der Waals surface area contributed by atoms with Crippen molar-refractivity contribution < 1.29 is 0 Å². The molecule has 0 nitrogen and oxygen atoms in total. The topological polar surface area (TPSA) is 0 Å². The molecule has 2 aromatic rings. The minimum atomic E-state index is 1.22. The molecule has 1 heterocycles. The molecule has 0 saturated heterocycles. The Kier molecular flexibility index (Phi) is 2.86. The second-order valence-electron chi connectivity index (χ2n) is 4.65. The maximum absolute atomic E-state index is 2.34. The normalized spacial score (nSPS) is 14.4. The molecule has 0 radical (unpaired) electrons. The van der Waals surface area contributed by atoms with Crippen molar-refractivity contribution in [2.24, 2.45) is 0 Å². The van der Waals surface area contributed by atoms with E-state index in [1.54, 1.807) is 4.88 Å². The lowest BCUT2D eigenvalue weighted by Gasteiger charge is -1.98. The van der Waals surface area contributed by atoms with Crippen LogP contribution in [0.15, 0.2) is 36.4 Å². The zero-order valence-electron chi connectivity index (χ0n) is 10.1. The molecule has 86 valence electrons. The van der Waals surface area contributed by atoms with Crippen LogP contribution in [0.1, 0.15) is 28.8 Å². The van der Waals surface area contributed by atoms with Gasteiger partial charge in [-0.25, -0.2) is 0 Å². The minimum Gasteiger partial charge on any atom is -0.140 e. The van der Waals surface area contributed by atoms with Gasteiger partial charge in [0.25, 0.3) is 0 Å². The molecule has 0 N–H and O–H groups in total. The van der Waals surface area contributed by atoms with Crippen molar-refractivity contribution in [2.45, 2.75) is 26.2 Å². The van der Waals surface area contributed by atoms with Crippen molar-refractivity contribution in [1.82, 2.24) is 0 Å². The van der Waals surface area contributed by atoms with Gasteiger partial charge in [0.15, 0.2) is 0 Å². The molecule has 17 heavy (non-hydrogen) atoms. The highest BCUT2D eigenvalue weighted by Crippen LogP contribution is 2.34. The maximum Gasteiger partial charge on any atom is 0.0351 e. The van der Waals surface area contributed by atoms with Gasteiger partial charge < -0.3 is 0 Å². The summed E-state index contributed by atoms with van der Waals surface area (Å²) in [5.41, 5.74) is 4.11. The van der Waals surface area contributed by atoms with Crippen molar-refractivity contribution >= 4 is 17.4 Å². The lowest BCUT2D eigenvalue weighted by atomic mass is 10.1. The van der Waals surface area contributed by atoms with Crippen molar-refractivity contribution in [1.29, 1.82) is 0 Å². The number of rotatable bonds is 1. The summed E-state index contributed by atoms with van der Waals surface area (Å²) in [6, 6.07) is 11.2. The fraction of sp³-hybridized carbons (Fsp3) is 0.250. The fourth-order valence-electron chi connectivity index (χ4n) is 2.23. The van der Waals surface area contributed by atoms with Crippen LogP contribution in [-0.2, 0) is 6.42 Å². The summed E-state index contributed by atoms with van der Waals surface area (Å²) in [4.78, 5) is 2.95. The third kappa shape index (κ3) is 2.20. The van der Waals surface area contributed by atoms with Gasteiger partial charge in [0.1, 0.15) is 0 Å². The summed E-state index contributed by atoms with van der Waals surface area (Å²) < 4.78 is 0. The Balaban J connectivity index is 2.01. The van der Waals surface area contributed by atoms with E-state index >= 15 is 0 Å². The molecule has 0 saturated carbocycles. The summed E-state index contributed by atoms with van der Waals surface area (Å²) in [5, 5.41) is 0. The van der Waals surface area contributed by atoms with Crippen molar-refractivity contribution in [3.8, 4) is 10.4 Å². The van der Waals surface area contributed by atoms with E-state index in [1.165, 1.54) is 40.8 Å². The molecule has 1 heteroatoms. The monoisotopic (exact) mass is 240 g/mol. The molecule has 1 aliphatic rings. The molecule has 1 aliphatic carbocycles. The van der Waals surface area contributed by atoms with Gasteiger partial charge in [-0.1, -0.05) is 42.0 Å². The van der Waals surface area contributed by atoms with Gasteiger partial charge in [0.2, 0.25) is 0 Å². The number of benzene rings is 1. The average Bonchev–Trinajstić information content (AvgIpc) is 2.62.